The lowest BCUT2D eigenvalue weighted by atomic mass is 10.0. The molecule has 0 radical (unpaired) electrons. The van der Waals surface area contributed by atoms with Crippen molar-refractivity contribution in [2.24, 2.45) is 0 Å². The Bertz CT molecular complexity index is 1220. The number of hydrogen-bond acceptors (Lipinski definition) is 3. The largest absolute Gasteiger partial charge is 0.326 e. The van der Waals surface area contributed by atoms with Crippen LogP contribution in [0.4, 0.5) is 5.69 Å². The van der Waals surface area contributed by atoms with Crippen LogP contribution in [0.3, 0.4) is 0 Å². The fourth-order valence-electron chi connectivity index (χ4n) is 3.89. The molecule has 1 aliphatic rings. The van der Waals surface area contributed by atoms with Gasteiger partial charge in [-0.25, -0.2) is 8.42 Å². The molecule has 5 nitrogen and oxygen atoms in total. The van der Waals surface area contributed by atoms with Crippen LogP contribution < -0.4 is 5.32 Å². The standard InChI is InChI=1S/C25H26N2O3S/c1-18-6-10-24(11-7-18)31(29,30)27-13-12-21-8-9-23(16-22(21)17-27)26-25(28)15-20-5-3-4-19(2)14-20/h3-11,14,16H,12-13,15,17H2,1-2H3,(H,26,28). The van der Waals surface area contributed by atoms with Crippen molar-refractivity contribution in [1.82, 2.24) is 4.31 Å². The first-order valence-corrected chi connectivity index (χ1v) is 11.8. The Kier molecular flexibility index (Phi) is 5.94. The maximum absolute atomic E-state index is 13.1. The highest BCUT2D eigenvalue weighted by atomic mass is 32.2. The highest BCUT2D eigenvalue weighted by molar-refractivity contribution is 7.89. The molecule has 0 saturated heterocycles. The Labute approximate surface area is 183 Å². The van der Waals surface area contributed by atoms with Crippen molar-refractivity contribution in [2.75, 3.05) is 11.9 Å². The van der Waals surface area contributed by atoms with Gasteiger partial charge in [-0.1, -0.05) is 53.6 Å². The van der Waals surface area contributed by atoms with E-state index in [0.717, 1.165) is 27.8 Å². The van der Waals surface area contributed by atoms with Gasteiger partial charge in [0, 0.05) is 18.8 Å². The highest BCUT2D eigenvalue weighted by Gasteiger charge is 2.28. The van der Waals surface area contributed by atoms with Gasteiger partial charge in [0.05, 0.1) is 11.3 Å². The van der Waals surface area contributed by atoms with E-state index in [-0.39, 0.29) is 5.91 Å². The maximum Gasteiger partial charge on any atom is 0.243 e. The van der Waals surface area contributed by atoms with Crippen LogP contribution >= 0.6 is 0 Å². The summed E-state index contributed by atoms with van der Waals surface area (Å²) in [6.07, 6.45) is 0.949. The van der Waals surface area contributed by atoms with Crippen molar-refractivity contribution in [3.63, 3.8) is 0 Å². The first kappa shape index (κ1) is 21.3. The number of benzene rings is 3. The normalized spacial score (nSPS) is 14.1. The van der Waals surface area contributed by atoms with E-state index >= 15 is 0 Å². The minimum absolute atomic E-state index is 0.0921. The fourth-order valence-corrected chi connectivity index (χ4v) is 5.30. The molecule has 3 aromatic carbocycles. The molecule has 0 bridgehead atoms. The molecule has 1 amide bonds. The van der Waals surface area contributed by atoms with Gasteiger partial charge >= 0.3 is 0 Å². The first-order chi connectivity index (χ1) is 14.8. The van der Waals surface area contributed by atoms with Crippen LogP contribution in [-0.2, 0) is 34.2 Å². The third-order valence-corrected chi connectivity index (χ3v) is 7.43. The molecule has 0 saturated carbocycles. The minimum Gasteiger partial charge on any atom is -0.326 e. The zero-order valence-corrected chi connectivity index (χ0v) is 18.6. The molecular formula is C25H26N2O3S. The van der Waals surface area contributed by atoms with Crippen LogP contribution in [0.15, 0.2) is 71.6 Å². The number of amides is 1. The van der Waals surface area contributed by atoms with Crippen LogP contribution in [0.25, 0.3) is 0 Å². The summed E-state index contributed by atoms with van der Waals surface area (Å²) in [6.45, 7) is 4.68. The average Bonchev–Trinajstić information content (AvgIpc) is 2.73. The van der Waals surface area contributed by atoms with E-state index in [0.29, 0.717) is 36.5 Å². The molecule has 1 heterocycles. The smallest absolute Gasteiger partial charge is 0.243 e. The van der Waals surface area contributed by atoms with Gasteiger partial charge in [0.1, 0.15) is 0 Å². The number of nitrogens with zero attached hydrogens (tertiary/aromatic N) is 1. The molecule has 160 valence electrons. The second kappa shape index (κ2) is 8.65. The lowest BCUT2D eigenvalue weighted by Crippen LogP contribution is -2.36. The zero-order valence-electron chi connectivity index (χ0n) is 17.8. The number of anilines is 1. The van der Waals surface area contributed by atoms with Crippen molar-refractivity contribution in [1.29, 1.82) is 0 Å². The average molecular weight is 435 g/mol. The van der Waals surface area contributed by atoms with Crippen molar-refractivity contribution in [2.45, 2.75) is 38.1 Å². The molecule has 0 atom stereocenters. The summed E-state index contributed by atoms with van der Waals surface area (Å²) in [4.78, 5) is 12.8. The van der Waals surface area contributed by atoms with Gasteiger partial charge in [-0.3, -0.25) is 4.79 Å². The lowest BCUT2D eigenvalue weighted by Gasteiger charge is -2.28. The predicted octanol–water partition coefficient (Wildman–Crippen LogP) is 4.23. The summed E-state index contributed by atoms with van der Waals surface area (Å²) < 4.78 is 27.6. The van der Waals surface area contributed by atoms with E-state index < -0.39 is 10.0 Å². The van der Waals surface area contributed by atoms with Gasteiger partial charge in [0.25, 0.3) is 0 Å². The molecule has 1 aliphatic heterocycles. The Morgan fingerprint density at radius 2 is 1.71 bits per heavy atom. The Morgan fingerprint density at radius 1 is 0.935 bits per heavy atom. The number of nitrogens with one attached hydrogen (secondary N) is 1. The van der Waals surface area contributed by atoms with Crippen LogP contribution in [0.2, 0.25) is 0 Å². The van der Waals surface area contributed by atoms with E-state index in [4.69, 9.17) is 0 Å². The van der Waals surface area contributed by atoms with E-state index in [9.17, 15) is 13.2 Å². The summed E-state index contributed by atoms with van der Waals surface area (Å²) in [7, 11) is -3.56. The third kappa shape index (κ3) is 4.86. The number of hydrogen-bond donors (Lipinski definition) is 1. The van der Waals surface area contributed by atoms with Crippen molar-refractivity contribution in [3.8, 4) is 0 Å². The molecule has 0 spiro atoms. The second-order valence-corrected chi connectivity index (χ2v) is 10.0. The number of fused-ring (bicyclic) bond motifs is 1. The molecule has 4 rings (SSSR count). The number of aryl methyl sites for hydroxylation is 2. The Balaban J connectivity index is 1.48. The zero-order chi connectivity index (χ0) is 22.0. The SMILES string of the molecule is Cc1ccc(S(=O)(=O)N2CCc3ccc(NC(=O)Cc4cccc(C)c4)cc3C2)cc1. The van der Waals surface area contributed by atoms with E-state index in [1.165, 1.54) is 4.31 Å². The van der Waals surface area contributed by atoms with E-state index in [1.54, 1.807) is 12.1 Å². The molecule has 0 unspecified atom stereocenters. The molecule has 0 fully saturated rings. The van der Waals surface area contributed by atoms with Gasteiger partial charge in [-0.2, -0.15) is 4.31 Å². The van der Waals surface area contributed by atoms with E-state index in [2.05, 4.69) is 5.32 Å². The maximum atomic E-state index is 13.1. The molecule has 6 heteroatoms. The molecule has 31 heavy (non-hydrogen) atoms. The number of rotatable bonds is 5. The van der Waals surface area contributed by atoms with Crippen LogP contribution in [0, 0.1) is 13.8 Å². The fraction of sp³-hybridized carbons (Fsp3) is 0.240. The van der Waals surface area contributed by atoms with Crippen LogP contribution in [-0.4, -0.2) is 25.2 Å². The molecule has 3 aromatic rings. The first-order valence-electron chi connectivity index (χ1n) is 10.4. The number of carbonyl (C=O) groups is 1. The highest BCUT2D eigenvalue weighted by Crippen LogP contribution is 2.27. The number of carbonyl (C=O) groups excluding carboxylic acids is 1. The number of sulfonamides is 1. The van der Waals surface area contributed by atoms with Gasteiger partial charge in [0.2, 0.25) is 15.9 Å². The Morgan fingerprint density at radius 3 is 2.45 bits per heavy atom. The molecule has 0 aromatic heterocycles. The van der Waals surface area contributed by atoms with Gasteiger partial charge in [-0.15, -0.1) is 0 Å². The third-order valence-electron chi connectivity index (χ3n) is 5.57. The van der Waals surface area contributed by atoms with Crippen molar-refractivity contribution < 1.29 is 13.2 Å². The van der Waals surface area contributed by atoms with Crippen LogP contribution in [0.1, 0.15) is 27.8 Å². The summed E-state index contributed by atoms with van der Waals surface area (Å²) in [6, 6.07) is 20.6. The van der Waals surface area contributed by atoms with Gasteiger partial charge < -0.3 is 5.32 Å². The molecular weight excluding hydrogens is 408 g/mol. The quantitative estimate of drug-likeness (QED) is 0.653. The second-order valence-electron chi connectivity index (χ2n) is 8.10. The summed E-state index contributed by atoms with van der Waals surface area (Å²) in [5, 5.41) is 2.94. The lowest BCUT2D eigenvalue weighted by molar-refractivity contribution is -0.115. The summed E-state index contributed by atoms with van der Waals surface area (Å²) >= 11 is 0. The Hall–Kier alpha value is -2.96. The minimum atomic E-state index is -3.56. The molecule has 1 N–H and O–H groups in total. The van der Waals surface area contributed by atoms with Crippen molar-refractivity contribution >= 4 is 21.6 Å². The van der Waals surface area contributed by atoms with Crippen LogP contribution in [0.5, 0.6) is 0 Å². The van der Waals surface area contributed by atoms with E-state index in [1.807, 2.05) is 68.4 Å². The topological polar surface area (TPSA) is 66.5 Å². The summed E-state index contributed by atoms with van der Waals surface area (Å²) in [5.41, 5.74) is 5.84. The molecule has 0 aliphatic carbocycles. The monoisotopic (exact) mass is 434 g/mol. The van der Waals surface area contributed by atoms with Gasteiger partial charge in [-0.05, 0) is 61.2 Å². The summed E-state index contributed by atoms with van der Waals surface area (Å²) in [5.74, 6) is -0.0921. The van der Waals surface area contributed by atoms with Gasteiger partial charge in [0.15, 0.2) is 0 Å². The van der Waals surface area contributed by atoms with Crippen molar-refractivity contribution in [3.05, 3.63) is 94.5 Å². The predicted molar refractivity (Wildman–Crippen MR) is 122 cm³/mol.